The summed E-state index contributed by atoms with van der Waals surface area (Å²) < 4.78 is 18.1. The van der Waals surface area contributed by atoms with Gasteiger partial charge in [-0.05, 0) is 66.6 Å². The summed E-state index contributed by atoms with van der Waals surface area (Å²) in [7, 11) is 0. The van der Waals surface area contributed by atoms with Crippen LogP contribution in [0.3, 0.4) is 0 Å². The number of para-hydroxylation sites is 4. The van der Waals surface area contributed by atoms with Crippen molar-refractivity contribution >= 4 is 67.7 Å². The highest BCUT2D eigenvalue weighted by Gasteiger charge is 2.42. The largest absolute Gasteiger partial charge is 0.453 e. The Morgan fingerprint density at radius 1 is 0.784 bits per heavy atom. The van der Waals surface area contributed by atoms with E-state index in [-0.39, 0.29) is 6.71 Å². The van der Waals surface area contributed by atoms with Gasteiger partial charge in [0.15, 0.2) is 22.3 Å². The molecule has 1 atom stereocenters. The number of fused-ring (bicyclic) bond motifs is 9. The second-order valence-corrected chi connectivity index (χ2v) is 10.7. The predicted molar refractivity (Wildman–Crippen MR) is 152 cm³/mol. The second-order valence-electron chi connectivity index (χ2n) is 10.7. The van der Waals surface area contributed by atoms with E-state index in [4.69, 9.17) is 8.83 Å². The van der Waals surface area contributed by atoms with Gasteiger partial charge in [-0.1, -0.05) is 60.4 Å². The Morgan fingerprint density at radius 2 is 1.46 bits per heavy atom. The average molecular weight is 478 g/mol. The first-order valence-corrected chi connectivity index (χ1v) is 13.0. The van der Waals surface area contributed by atoms with Gasteiger partial charge in [-0.3, -0.25) is 0 Å². The smallest absolute Gasteiger partial charge is 0.247 e. The quantitative estimate of drug-likeness (QED) is 0.178. The van der Waals surface area contributed by atoms with Crippen LogP contribution in [-0.2, 0) is 0 Å². The molecule has 0 saturated heterocycles. The Balaban J connectivity index is 1.62. The Bertz CT molecular complexity index is 2110. The van der Waals surface area contributed by atoms with E-state index in [1.807, 2.05) is 12.1 Å². The van der Waals surface area contributed by atoms with Gasteiger partial charge in [0.05, 0.1) is 22.1 Å². The van der Waals surface area contributed by atoms with Crippen molar-refractivity contribution in [3.05, 3.63) is 96.0 Å². The molecule has 4 aromatic carbocycles. The molecular weight excluding hydrogens is 455 g/mol. The van der Waals surface area contributed by atoms with Crippen molar-refractivity contribution in [3.8, 4) is 5.69 Å². The summed E-state index contributed by atoms with van der Waals surface area (Å²) in [6.45, 7) is 4.67. The van der Waals surface area contributed by atoms with Gasteiger partial charge in [0.1, 0.15) is 0 Å². The van der Waals surface area contributed by atoms with Crippen LogP contribution in [0.4, 0.5) is 0 Å². The van der Waals surface area contributed by atoms with E-state index in [2.05, 4.69) is 95.8 Å². The average Bonchev–Trinajstić information content (AvgIpc) is 2.91. The van der Waals surface area contributed by atoms with E-state index in [9.17, 15) is 0 Å². The number of aryl methyl sites for hydroxylation is 1. The van der Waals surface area contributed by atoms with Gasteiger partial charge in [0, 0.05) is 17.5 Å². The number of allylic oxidation sites excluding steroid dienone is 4. The molecule has 4 nitrogen and oxygen atoms in total. The number of nitrogens with zero attached hydrogens (tertiary/aromatic N) is 2. The van der Waals surface area contributed by atoms with Crippen molar-refractivity contribution in [1.82, 2.24) is 9.13 Å². The van der Waals surface area contributed by atoms with Crippen LogP contribution in [0.25, 0.3) is 55.8 Å². The highest BCUT2D eigenvalue weighted by atomic mass is 16.3. The maximum Gasteiger partial charge on any atom is 0.247 e. The molecule has 0 saturated carbocycles. The molecule has 6 aromatic rings. The molecule has 2 aliphatic heterocycles. The topological polar surface area (TPSA) is 36.1 Å². The maximum absolute atomic E-state index is 6.61. The molecule has 9 rings (SSSR count). The Kier molecular flexibility index (Phi) is 3.57. The van der Waals surface area contributed by atoms with Gasteiger partial charge >= 0.3 is 0 Å². The molecule has 0 fully saturated rings. The summed E-state index contributed by atoms with van der Waals surface area (Å²) in [4.78, 5) is 0. The number of aromatic nitrogens is 2. The fraction of sp³-hybridized carbons (Fsp3) is 0.125. The van der Waals surface area contributed by atoms with Gasteiger partial charge in [-0.15, -0.1) is 0 Å². The van der Waals surface area contributed by atoms with Gasteiger partial charge in [-0.25, -0.2) is 0 Å². The molecule has 4 heterocycles. The van der Waals surface area contributed by atoms with Crippen molar-refractivity contribution < 1.29 is 8.83 Å². The van der Waals surface area contributed by atoms with Crippen LogP contribution in [0.2, 0.25) is 0 Å². The van der Waals surface area contributed by atoms with Crippen LogP contribution in [0.15, 0.2) is 99.3 Å². The van der Waals surface area contributed by atoms with Crippen molar-refractivity contribution in [2.24, 2.45) is 5.92 Å². The highest BCUT2D eigenvalue weighted by molar-refractivity contribution is 6.96. The third-order valence-electron chi connectivity index (χ3n) is 8.41. The first-order chi connectivity index (χ1) is 18.2. The minimum atomic E-state index is 0.149. The summed E-state index contributed by atoms with van der Waals surface area (Å²) in [6, 6.07) is 25.7. The van der Waals surface area contributed by atoms with Crippen LogP contribution < -0.4 is 10.9 Å². The lowest BCUT2D eigenvalue weighted by Crippen LogP contribution is -2.53. The maximum atomic E-state index is 6.61. The lowest BCUT2D eigenvalue weighted by Gasteiger charge is -2.38. The lowest BCUT2D eigenvalue weighted by molar-refractivity contribution is 0.639. The van der Waals surface area contributed by atoms with Crippen LogP contribution in [0.5, 0.6) is 0 Å². The van der Waals surface area contributed by atoms with E-state index in [0.29, 0.717) is 5.92 Å². The zero-order valence-corrected chi connectivity index (χ0v) is 20.7. The first kappa shape index (κ1) is 19.8. The van der Waals surface area contributed by atoms with Crippen molar-refractivity contribution in [2.45, 2.75) is 20.3 Å². The monoisotopic (exact) mass is 478 g/mol. The van der Waals surface area contributed by atoms with Crippen molar-refractivity contribution in [2.75, 3.05) is 0 Å². The lowest BCUT2D eigenvalue weighted by atomic mass is 9.32. The molecule has 1 unspecified atom stereocenters. The predicted octanol–water partition coefficient (Wildman–Crippen LogP) is 6.79. The van der Waals surface area contributed by atoms with Crippen LogP contribution in [0.1, 0.15) is 18.9 Å². The zero-order valence-electron chi connectivity index (χ0n) is 20.7. The SMILES string of the molecule is Cc1ccc2c(c1)B1C3=C(C=CC(C)C3)n3c4ccccc4oc4cc5oc6ccccc6n-2c5c1c43. The third kappa shape index (κ3) is 2.40. The second kappa shape index (κ2) is 6.68. The minimum Gasteiger partial charge on any atom is -0.453 e. The van der Waals surface area contributed by atoms with Crippen LogP contribution >= 0.6 is 0 Å². The van der Waals surface area contributed by atoms with E-state index in [0.717, 1.165) is 50.8 Å². The van der Waals surface area contributed by atoms with Crippen LogP contribution in [0, 0.1) is 12.8 Å². The third-order valence-corrected chi connectivity index (χ3v) is 8.41. The van der Waals surface area contributed by atoms with Crippen molar-refractivity contribution in [1.29, 1.82) is 0 Å². The summed E-state index contributed by atoms with van der Waals surface area (Å²) >= 11 is 0. The van der Waals surface area contributed by atoms with Gasteiger partial charge in [0.2, 0.25) is 6.71 Å². The minimum absolute atomic E-state index is 0.149. The highest BCUT2D eigenvalue weighted by Crippen LogP contribution is 2.41. The molecular formula is C32H23BN2O2. The number of hydrogen-bond acceptors (Lipinski definition) is 2. The Morgan fingerprint density at radius 3 is 2.22 bits per heavy atom. The zero-order chi connectivity index (χ0) is 24.4. The summed E-state index contributed by atoms with van der Waals surface area (Å²) in [5.74, 6) is 0.485. The Labute approximate surface area is 213 Å². The van der Waals surface area contributed by atoms with Gasteiger partial charge in [-0.2, -0.15) is 0 Å². The van der Waals surface area contributed by atoms with E-state index >= 15 is 0 Å². The normalized spacial score (nSPS) is 17.4. The summed E-state index contributed by atoms with van der Waals surface area (Å²) in [5.41, 5.74) is 15.8. The fourth-order valence-corrected chi connectivity index (χ4v) is 6.95. The number of hydrogen-bond donors (Lipinski definition) is 0. The molecule has 0 bridgehead atoms. The van der Waals surface area contributed by atoms with E-state index < -0.39 is 0 Å². The molecule has 1 aliphatic carbocycles. The standard InChI is InChI=1S/C32H23BN2O2/c1-18-11-13-22-20(15-18)33-21-16-19(2)12-14-23(21)35-25-8-4-6-10-27(25)37-29-17-28-31(30(33)32(29)35)34(22)24-7-3-5-9-26(24)36-28/h3-15,17,19H,16H2,1-2H3. The number of rotatable bonds is 0. The molecule has 5 heteroatoms. The molecule has 176 valence electrons. The first-order valence-electron chi connectivity index (χ1n) is 13.0. The molecule has 2 aromatic heterocycles. The Hall–Kier alpha value is -4.38. The van der Waals surface area contributed by atoms with Gasteiger partial charge < -0.3 is 18.0 Å². The summed E-state index contributed by atoms with van der Waals surface area (Å²) in [5, 5.41) is 0. The van der Waals surface area contributed by atoms with Gasteiger partial charge in [0.25, 0.3) is 0 Å². The van der Waals surface area contributed by atoms with E-state index in [1.54, 1.807) is 0 Å². The molecule has 0 amide bonds. The number of benzene rings is 4. The molecule has 37 heavy (non-hydrogen) atoms. The van der Waals surface area contributed by atoms with Crippen LogP contribution in [-0.4, -0.2) is 15.8 Å². The molecule has 3 aliphatic rings. The van der Waals surface area contributed by atoms with Crippen molar-refractivity contribution in [3.63, 3.8) is 0 Å². The molecule has 0 N–H and O–H groups in total. The summed E-state index contributed by atoms with van der Waals surface area (Å²) in [6.07, 6.45) is 5.72. The molecule has 0 spiro atoms. The fourth-order valence-electron chi connectivity index (χ4n) is 6.95. The molecule has 0 radical (unpaired) electrons. The van der Waals surface area contributed by atoms with E-state index in [1.165, 1.54) is 33.3 Å².